The fourth-order valence-corrected chi connectivity index (χ4v) is 4.04. The van der Waals surface area contributed by atoms with Crippen molar-refractivity contribution in [2.45, 2.75) is 32.1 Å². The molecular weight excluding hydrogens is 180 g/mol. The lowest BCUT2D eigenvalue weighted by atomic mass is 9.49. The van der Waals surface area contributed by atoms with Crippen molar-refractivity contribution in [3.8, 4) is 0 Å². The number of Topliss-reactive ketones (excluding diaryl/α,β-unsaturated/α-hetero) is 1. The first-order chi connectivity index (χ1) is 6.62. The molecule has 0 amide bonds. The van der Waals surface area contributed by atoms with Crippen molar-refractivity contribution < 1.29 is 14.7 Å². The molecule has 0 heterocycles. The van der Waals surface area contributed by atoms with Crippen LogP contribution in [0.15, 0.2) is 0 Å². The Balaban J connectivity index is 2.05. The number of carbonyl (C=O) groups is 2. The number of aliphatic carboxylic acids is 1. The lowest BCUT2D eigenvalue weighted by Crippen LogP contribution is -2.60. The second-order valence-corrected chi connectivity index (χ2v) is 5.28. The van der Waals surface area contributed by atoms with Crippen LogP contribution in [0.2, 0.25) is 0 Å². The maximum absolute atomic E-state index is 11.9. The van der Waals surface area contributed by atoms with Crippen LogP contribution in [0.25, 0.3) is 0 Å². The molecule has 2 unspecified atom stereocenters. The molecule has 4 aliphatic rings. The largest absolute Gasteiger partial charge is 0.549 e. The summed E-state index contributed by atoms with van der Waals surface area (Å²) in [4.78, 5) is 23.0. The minimum atomic E-state index is -1.11. The minimum Gasteiger partial charge on any atom is -0.549 e. The number of ketones is 1. The van der Waals surface area contributed by atoms with E-state index in [1.807, 2.05) is 0 Å². The second kappa shape index (κ2) is 2.38. The van der Waals surface area contributed by atoms with Crippen LogP contribution >= 0.6 is 0 Å². The normalized spacial score (nSPS) is 49.7. The number of hydrogen-bond donors (Lipinski definition) is 0. The number of rotatable bonds is 1. The first kappa shape index (κ1) is 8.45. The van der Waals surface area contributed by atoms with Gasteiger partial charge in [-0.2, -0.15) is 0 Å². The van der Waals surface area contributed by atoms with Gasteiger partial charge in [-0.25, -0.2) is 0 Å². The number of carboxylic acids is 1. The molecule has 0 aromatic heterocycles. The Morgan fingerprint density at radius 3 is 2.29 bits per heavy atom. The summed E-state index contributed by atoms with van der Waals surface area (Å²) in [5.74, 6) is -0.142. The first-order valence-corrected chi connectivity index (χ1v) is 5.37. The van der Waals surface area contributed by atoms with E-state index in [1.54, 1.807) is 0 Å². The van der Waals surface area contributed by atoms with Crippen molar-refractivity contribution in [2.24, 2.45) is 23.2 Å². The highest BCUT2D eigenvalue weighted by Crippen LogP contribution is 2.57. The average Bonchev–Trinajstić information content (AvgIpc) is 2.12. The Kier molecular flexibility index (Phi) is 1.44. The molecule has 0 aromatic rings. The molecule has 0 aromatic carbocycles. The van der Waals surface area contributed by atoms with Crippen LogP contribution in [-0.4, -0.2) is 11.8 Å². The zero-order valence-corrected chi connectivity index (χ0v) is 7.99. The van der Waals surface area contributed by atoms with Crippen LogP contribution < -0.4 is 5.11 Å². The monoisotopic (exact) mass is 193 g/mol. The van der Waals surface area contributed by atoms with E-state index in [-0.39, 0.29) is 11.7 Å². The topological polar surface area (TPSA) is 57.2 Å². The molecule has 76 valence electrons. The van der Waals surface area contributed by atoms with E-state index in [9.17, 15) is 14.7 Å². The molecule has 4 rings (SSSR count). The van der Waals surface area contributed by atoms with Gasteiger partial charge in [-0.15, -0.1) is 0 Å². The molecule has 2 atom stereocenters. The van der Waals surface area contributed by atoms with Crippen molar-refractivity contribution in [3.63, 3.8) is 0 Å². The van der Waals surface area contributed by atoms with E-state index in [0.717, 1.165) is 19.3 Å². The molecule has 0 radical (unpaired) electrons. The second-order valence-electron chi connectivity index (χ2n) is 5.28. The third-order valence-corrected chi connectivity index (χ3v) is 4.41. The van der Waals surface area contributed by atoms with Gasteiger partial charge in [0.05, 0.1) is 11.4 Å². The van der Waals surface area contributed by atoms with Crippen molar-refractivity contribution in [3.05, 3.63) is 0 Å². The highest BCUT2D eigenvalue weighted by atomic mass is 16.4. The Bertz CT molecular complexity index is 306. The molecule has 3 heteroatoms. The van der Waals surface area contributed by atoms with Gasteiger partial charge in [0.25, 0.3) is 0 Å². The maximum Gasteiger partial charge on any atom is 0.147 e. The number of hydrogen-bond acceptors (Lipinski definition) is 3. The molecule has 0 aliphatic heterocycles. The Morgan fingerprint density at radius 2 is 1.79 bits per heavy atom. The van der Waals surface area contributed by atoms with Gasteiger partial charge in [-0.1, -0.05) is 0 Å². The smallest absolute Gasteiger partial charge is 0.147 e. The molecule has 0 N–H and O–H groups in total. The molecule has 0 saturated heterocycles. The van der Waals surface area contributed by atoms with Crippen LogP contribution in [0.5, 0.6) is 0 Å². The Morgan fingerprint density at radius 1 is 1.21 bits per heavy atom. The van der Waals surface area contributed by atoms with Crippen molar-refractivity contribution >= 4 is 11.8 Å². The van der Waals surface area contributed by atoms with Crippen molar-refractivity contribution in [1.29, 1.82) is 0 Å². The number of carboxylic acid groups (broad SMARTS) is 1. The van der Waals surface area contributed by atoms with Crippen LogP contribution in [0.3, 0.4) is 0 Å². The summed E-state index contributed by atoms with van der Waals surface area (Å²) in [6.45, 7) is 0. The van der Waals surface area contributed by atoms with Crippen molar-refractivity contribution in [1.82, 2.24) is 0 Å². The fourth-order valence-electron chi connectivity index (χ4n) is 4.04. The SMILES string of the molecule is O=C([O-])C12CC3CC(CC(C3)C1=O)C2. The van der Waals surface area contributed by atoms with Gasteiger partial charge < -0.3 is 9.90 Å². The lowest BCUT2D eigenvalue weighted by molar-refractivity contribution is -0.321. The minimum absolute atomic E-state index is 0.0234. The van der Waals surface area contributed by atoms with Crippen LogP contribution in [0.4, 0.5) is 0 Å². The van der Waals surface area contributed by atoms with Gasteiger partial charge in [0, 0.05) is 5.92 Å². The summed E-state index contributed by atoms with van der Waals surface area (Å²) in [5, 5.41) is 11.1. The lowest BCUT2D eigenvalue weighted by Gasteiger charge is -2.55. The van der Waals surface area contributed by atoms with E-state index in [2.05, 4.69) is 0 Å². The van der Waals surface area contributed by atoms with Crippen molar-refractivity contribution in [2.75, 3.05) is 0 Å². The first-order valence-electron chi connectivity index (χ1n) is 5.37. The average molecular weight is 193 g/mol. The zero-order valence-electron chi connectivity index (χ0n) is 7.99. The molecule has 14 heavy (non-hydrogen) atoms. The van der Waals surface area contributed by atoms with E-state index in [4.69, 9.17) is 0 Å². The van der Waals surface area contributed by atoms with Gasteiger partial charge in [0.15, 0.2) is 0 Å². The molecule has 3 nitrogen and oxygen atoms in total. The molecule has 4 bridgehead atoms. The quantitative estimate of drug-likeness (QED) is 0.556. The summed E-state index contributed by atoms with van der Waals surface area (Å²) < 4.78 is 0. The molecule has 4 saturated carbocycles. The number of carbonyl (C=O) groups excluding carboxylic acids is 2. The van der Waals surface area contributed by atoms with E-state index >= 15 is 0 Å². The molecule has 4 aliphatic carbocycles. The third-order valence-electron chi connectivity index (χ3n) is 4.41. The van der Waals surface area contributed by atoms with Crippen LogP contribution in [-0.2, 0) is 9.59 Å². The van der Waals surface area contributed by atoms with E-state index in [1.165, 1.54) is 0 Å². The predicted molar refractivity (Wildman–Crippen MR) is 46.0 cm³/mol. The van der Waals surface area contributed by atoms with Crippen LogP contribution in [0.1, 0.15) is 32.1 Å². The van der Waals surface area contributed by atoms with Gasteiger partial charge in [-0.05, 0) is 43.9 Å². The van der Waals surface area contributed by atoms with Gasteiger partial charge in [-0.3, -0.25) is 4.79 Å². The summed E-state index contributed by atoms with van der Waals surface area (Å²) in [6, 6.07) is 0. The summed E-state index contributed by atoms with van der Waals surface area (Å²) in [7, 11) is 0. The van der Waals surface area contributed by atoms with Gasteiger partial charge in [0.2, 0.25) is 0 Å². The Labute approximate surface area is 82.5 Å². The standard InChI is InChI=1S/C11H14O3/c12-9-8-2-6-1-7(3-8)5-11(9,4-6)10(13)14/h6-8H,1-5H2,(H,13,14)/p-1. The zero-order chi connectivity index (χ0) is 9.92. The molecular formula is C11H13O3-. The van der Waals surface area contributed by atoms with Gasteiger partial charge >= 0.3 is 0 Å². The Hall–Kier alpha value is -0.860. The van der Waals surface area contributed by atoms with Crippen LogP contribution in [0, 0.1) is 23.2 Å². The summed E-state index contributed by atoms with van der Waals surface area (Å²) >= 11 is 0. The summed E-state index contributed by atoms with van der Waals surface area (Å²) in [5.41, 5.74) is -1.07. The third kappa shape index (κ3) is 0.830. The van der Waals surface area contributed by atoms with E-state index < -0.39 is 11.4 Å². The highest BCUT2D eigenvalue weighted by Gasteiger charge is 2.57. The maximum atomic E-state index is 11.9. The molecule has 0 spiro atoms. The van der Waals surface area contributed by atoms with Gasteiger partial charge in [0.1, 0.15) is 5.78 Å². The highest BCUT2D eigenvalue weighted by molar-refractivity contribution is 6.04. The van der Waals surface area contributed by atoms with E-state index in [0.29, 0.717) is 24.7 Å². The predicted octanol–water partition coefficient (Wildman–Crippen LogP) is 0.132. The molecule has 4 fully saturated rings. The fraction of sp³-hybridized carbons (Fsp3) is 0.818. The summed E-state index contributed by atoms with van der Waals surface area (Å²) in [6.07, 6.45) is 4.12.